The summed E-state index contributed by atoms with van der Waals surface area (Å²) in [5.41, 5.74) is 4.26. The minimum Gasteiger partial charge on any atom is -0.271 e. The zero-order valence-electron chi connectivity index (χ0n) is 17.3. The molecule has 2 aromatic rings. The van der Waals surface area contributed by atoms with Crippen molar-refractivity contribution < 1.29 is 13.2 Å². The minimum absolute atomic E-state index is 0.0571. The van der Waals surface area contributed by atoms with E-state index < -0.39 is 22.5 Å². The van der Waals surface area contributed by atoms with E-state index in [2.05, 4.69) is 24.4 Å². The molecular weight excluding hydrogens is 445 g/mol. The second-order valence-electron chi connectivity index (χ2n) is 7.65. The van der Waals surface area contributed by atoms with Gasteiger partial charge < -0.3 is 0 Å². The number of hydrogen-bond donors (Lipinski definition) is 1. The molecule has 0 spiro atoms. The van der Waals surface area contributed by atoms with Crippen LogP contribution in [0.1, 0.15) is 32.8 Å². The molecule has 0 aliphatic rings. The van der Waals surface area contributed by atoms with E-state index in [1.807, 2.05) is 37.3 Å². The largest absolute Gasteiger partial charge is 0.271 e. The van der Waals surface area contributed by atoms with Crippen molar-refractivity contribution in [1.82, 2.24) is 5.43 Å². The van der Waals surface area contributed by atoms with E-state index >= 15 is 0 Å². The van der Waals surface area contributed by atoms with Gasteiger partial charge in [0.15, 0.2) is 0 Å². The Labute approximate surface area is 187 Å². The third-order valence-corrected chi connectivity index (χ3v) is 6.45. The van der Waals surface area contributed by atoms with Gasteiger partial charge in [-0.15, -0.1) is 0 Å². The number of carbonyl (C=O) groups is 1. The Bertz CT molecular complexity index is 1040. The van der Waals surface area contributed by atoms with Crippen molar-refractivity contribution in [3.63, 3.8) is 0 Å². The van der Waals surface area contributed by atoms with Crippen LogP contribution in [0.15, 0.2) is 53.6 Å². The predicted molar refractivity (Wildman–Crippen MR) is 124 cm³/mol. The van der Waals surface area contributed by atoms with Gasteiger partial charge in [0.1, 0.15) is 6.54 Å². The molecule has 1 N–H and O–H groups in total. The summed E-state index contributed by atoms with van der Waals surface area (Å²) in [5.74, 6) is -0.590. The van der Waals surface area contributed by atoms with Gasteiger partial charge in [0.05, 0.1) is 22.0 Å². The van der Waals surface area contributed by atoms with Gasteiger partial charge in [0.25, 0.3) is 5.91 Å². The first-order chi connectivity index (χ1) is 13.9. The number of anilines is 1. The molecule has 1 amide bonds. The lowest BCUT2D eigenvalue weighted by atomic mass is 9.80. The van der Waals surface area contributed by atoms with Crippen LogP contribution in [0.5, 0.6) is 0 Å². The van der Waals surface area contributed by atoms with Crippen molar-refractivity contribution in [2.45, 2.75) is 32.6 Å². The van der Waals surface area contributed by atoms with Crippen LogP contribution in [-0.2, 0) is 20.2 Å². The molecule has 0 aromatic heterocycles. The van der Waals surface area contributed by atoms with E-state index in [0.717, 1.165) is 16.1 Å². The quantitative estimate of drug-likeness (QED) is 0.452. The average Bonchev–Trinajstić information content (AvgIpc) is 2.66. The van der Waals surface area contributed by atoms with Crippen LogP contribution in [0.2, 0.25) is 10.0 Å². The molecule has 0 atom stereocenters. The van der Waals surface area contributed by atoms with Gasteiger partial charge in [0.2, 0.25) is 10.0 Å². The van der Waals surface area contributed by atoms with Crippen molar-refractivity contribution >= 4 is 50.5 Å². The van der Waals surface area contributed by atoms with Crippen LogP contribution < -0.4 is 9.73 Å². The zero-order chi connectivity index (χ0) is 22.5. The summed E-state index contributed by atoms with van der Waals surface area (Å²) >= 11 is 12.1. The predicted octanol–water partition coefficient (Wildman–Crippen LogP) is 4.62. The normalized spacial score (nSPS) is 12.5. The molecule has 0 aliphatic carbocycles. The van der Waals surface area contributed by atoms with Gasteiger partial charge in [-0.25, -0.2) is 13.8 Å². The van der Waals surface area contributed by atoms with Gasteiger partial charge in [0, 0.05) is 5.71 Å². The van der Waals surface area contributed by atoms with Gasteiger partial charge in [-0.1, -0.05) is 73.4 Å². The second-order valence-corrected chi connectivity index (χ2v) is 10.3. The lowest BCUT2D eigenvalue weighted by Gasteiger charge is -2.25. The summed E-state index contributed by atoms with van der Waals surface area (Å²) in [6, 6.07) is 14.6. The van der Waals surface area contributed by atoms with Crippen LogP contribution in [0.4, 0.5) is 5.69 Å². The third kappa shape index (κ3) is 6.45. The number of sulfonamides is 1. The number of amides is 1. The molecule has 2 aromatic carbocycles. The lowest BCUT2D eigenvalue weighted by molar-refractivity contribution is -0.119. The highest BCUT2D eigenvalue weighted by molar-refractivity contribution is 7.92. The molecule has 0 heterocycles. The molecule has 6 nitrogen and oxygen atoms in total. The van der Waals surface area contributed by atoms with Gasteiger partial charge in [-0.2, -0.15) is 5.10 Å². The fourth-order valence-electron chi connectivity index (χ4n) is 3.06. The Hall–Kier alpha value is -2.09. The maximum atomic E-state index is 12.4. The van der Waals surface area contributed by atoms with Gasteiger partial charge in [-0.05, 0) is 36.5 Å². The van der Waals surface area contributed by atoms with E-state index in [1.54, 1.807) is 6.07 Å². The zero-order valence-corrected chi connectivity index (χ0v) is 19.6. The topological polar surface area (TPSA) is 78.8 Å². The number of hydrazone groups is 1. The first kappa shape index (κ1) is 24.2. The van der Waals surface area contributed by atoms with Crippen LogP contribution in [-0.4, -0.2) is 32.8 Å². The monoisotopic (exact) mass is 469 g/mol. The highest BCUT2D eigenvalue weighted by atomic mass is 35.5. The number of halogens is 2. The Morgan fingerprint density at radius 2 is 1.73 bits per heavy atom. The summed E-state index contributed by atoms with van der Waals surface area (Å²) in [6.45, 7) is 5.52. The minimum atomic E-state index is -3.77. The number of hydrogen-bond acceptors (Lipinski definition) is 4. The Morgan fingerprint density at radius 1 is 1.10 bits per heavy atom. The maximum absolute atomic E-state index is 12.4. The van der Waals surface area contributed by atoms with Crippen molar-refractivity contribution in [2.75, 3.05) is 17.1 Å². The average molecular weight is 470 g/mol. The molecule has 9 heteroatoms. The summed E-state index contributed by atoms with van der Waals surface area (Å²) in [7, 11) is -3.77. The SMILES string of the molecule is C/C(CC(C)(C)c1ccccc1)=N/NC(=O)CN(c1cccc(Cl)c1Cl)S(C)(=O)=O. The first-order valence-corrected chi connectivity index (χ1v) is 11.8. The summed E-state index contributed by atoms with van der Waals surface area (Å²) in [5, 5.41) is 4.39. The highest BCUT2D eigenvalue weighted by Gasteiger charge is 2.24. The van der Waals surface area contributed by atoms with Crippen LogP contribution in [0.25, 0.3) is 0 Å². The smallest absolute Gasteiger partial charge is 0.260 e. The van der Waals surface area contributed by atoms with Crippen molar-refractivity contribution in [2.24, 2.45) is 5.10 Å². The van der Waals surface area contributed by atoms with Gasteiger partial charge >= 0.3 is 0 Å². The molecule has 162 valence electrons. The molecule has 2 rings (SSSR count). The van der Waals surface area contributed by atoms with Crippen LogP contribution >= 0.6 is 23.2 Å². The van der Waals surface area contributed by atoms with E-state index in [-0.39, 0.29) is 21.1 Å². The molecule has 0 saturated heterocycles. The first-order valence-electron chi connectivity index (χ1n) is 9.21. The number of nitrogens with zero attached hydrogens (tertiary/aromatic N) is 2. The van der Waals surface area contributed by atoms with E-state index in [9.17, 15) is 13.2 Å². The number of nitrogens with one attached hydrogen (secondary N) is 1. The molecule has 0 bridgehead atoms. The molecular formula is C21H25Cl2N3O3S. The Balaban J connectivity index is 2.11. The Morgan fingerprint density at radius 3 is 2.33 bits per heavy atom. The lowest BCUT2D eigenvalue weighted by Crippen LogP contribution is -2.39. The van der Waals surface area contributed by atoms with E-state index in [1.165, 1.54) is 12.1 Å². The highest BCUT2D eigenvalue weighted by Crippen LogP contribution is 2.33. The fraction of sp³-hybridized carbons (Fsp3) is 0.333. The second kappa shape index (κ2) is 9.81. The summed E-state index contributed by atoms with van der Waals surface area (Å²) in [4.78, 5) is 12.4. The number of carbonyl (C=O) groups excluding carboxylic acids is 1. The van der Waals surface area contributed by atoms with E-state index in [4.69, 9.17) is 23.2 Å². The molecule has 0 fully saturated rings. The maximum Gasteiger partial charge on any atom is 0.260 e. The standard InChI is InChI=1S/C21H25Cl2N3O3S/c1-15(13-21(2,3)16-9-6-5-7-10-16)24-25-19(27)14-26(30(4,28)29)18-12-8-11-17(22)20(18)23/h5-12H,13-14H2,1-4H3,(H,25,27)/b24-15-. The molecule has 0 radical (unpaired) electrons. The van der Waals surface area contributed by atoms with Crippen molar-refractivity contribution in [1.29, 1.82) is 0 Å². The van der Waals surface area contributed by atoms with Crippen LogP contribution in [0.3, 0.4) is 0 Å². The number of rotatable bonds is 8. The van der Waals surface area contributed by atoms with Gasteiger partial charge in [-0.3, -0.25) is 9.10 Å². The van der Waals surface area contributed by atoms with Crippen LogP contribution in [0, 0.1) is 0 Å². The summed E-state index contributed by atoms with van der Waals surface area (Å²) < 4.78 is 25.3. The molecule has 0 unspecified atom stereocenters. The summed E-state index contributed by atoms with van der Waals surface area (Å²) in [6.07, 6.45) is 1.61. The molecule has 0 saturated carbocycles. The number of benzene rings is 2. The third-order valence-electron chi connectivity index (χ3n) is 4.51. The Kier molecular flexibility index (Phi) is 7.91. The van der Waals surface area contributed by atoms with Crippen molar-refractivity contribution in [3.8, 4) is 0 Å². The molecule has 0 aliphatic heterocycles. The fourth-order valence-corrected chi connectivity index (χ4v) is 4.37. The molecule has 30 heavy (non-hydrogen) atoms. The van der Waals surface area contributed by atoms with E-state index in [0.29, 0.717) is 12.1 Å². The van der Waals surface area contributed by atoms with Crippen molar-refractivity contribution in [3.05, 3.63) is 64.1 Å².